The van der Waals surface area contributed by atoms with Crippen LogP contribution in [0.4, 0.5) is 0 Å². The number of halogens is 2. The Morgan fingerprint density at radius 1 is 1.12 bits per heavy atom. The van der Waals surface area contributed by atoms with Crippen molar-refractivity contribution in [1.82, 2.24) is 10.6 Å². The summed E-state index contributed by atoms with van der Waals surface area (Å²) in [5, 5.41) is 5.72. The summed E-state index contributed by atoms with van der Waals surface area (Å²) in [6, 6.07) is 9.48. The zero-order valence-electron chi connectivity index (χ0n) is 18.4. The molecule has 2 N–H and O–H groups in total. The summed E-state index contributed by atoms with van der Waals surface area (Å²) in [5.41, 5.74) is 0.856. The van der Waals surface area contributed by atoms with E-state index in [2.05, 4.69) is 10.6 Å². The minimum Gasteiger partial charge on any atom is -0.351 e. The Balaban J connectivity index is 1.73. The first kappa shape index (κ1) is 25.2. The molecule has 0 bridgehead atoms. The van der Waals surface area contributed by atoms with Crippen molar-refractivity contribution in [2.75, 3.05) is 6.26 Å². The van der Waals surface area contributed by atoms with Crippen molar-refractivity contribution in [3.63, 3.8) is 0 Å². The Morgan fingerprint density at radius 2 is 1.70 bits per heavy atom. The molecule has 1 unspecified atom stereocenters. The van der Waals surface area contributed by atoms with Crippen LogP contribution in [0.3, 0.4) is 0 Å². The van der Waals surface area contributed by atoms with E-state index in [1.165, 1.54) is 12.1 Å². The number of sulfone groups is 1. The maximum atomic E-state index is 12.9. The van der Waals surface area contributed by atoms with Gasteiger partial charge in [0.1, 0.15) is 0 Å². The van der Waals surface area contributed by atoms with Crippen molar-refractivity contribution in [2.45, 2.75) is 49.5 Å². The fourth-order valence-corrected chi connectivity index (χ4v) is 5.12. The summed E-state index contributed by atoms with van der Waals surface area (Å²) in [7, 11) is -3.32. The van der Waals surface area contributed by atoms with Gasteiger partial charge in [0.2, 0.25) is 17.7 Å². The number of hydrogen-bond acceptors (Lipinski definition) is 5. The smallest absolute Gasteiger partial charge is 0.234 e. The van der Waals surface area contributed by atoms with Gasteiger partial charge >= 0.3 is 0 Å². The topological polar surface area (TPSA) is 109 Å². The molecule has 33 heavy (non-hydrogen) atoms. The Morgan fingerprint density at radius 3 is 2.21 bits per heavy atom. The number of benzene rings is 2. The minimum atomic E-state index is -3.32. The summed E-state index contributed by atoms with van der Waals surface area (Å²) in [6.07, 6.45) is 1.66. The number of nitrogens with one attached hydrogen (secondary N) is 2. The lowest BCUT2D eigenvalue weighted by atomic mass is 9.83. The molecule has 1 aliphatic rings. The number of amides is 3. The number of piperidine rings is 1. The molecule has 3 amide bonds. The van der Waals surface area contributed by atoms with Crippen molar-refractivity contribution in [3.05, 3.63) is 63.1 Å². The van der Waals surface area contributed by atoms with Gasteiger partial charge in [-0.15, -0.1) is 0 Å². The summed E-state index contributed by atoms with van der Waals surface area (Å²) >= 11 is 12.8. The maximum Gasteiger partial charge on any atom is 0.234 e. The summed E-state index contributed by atoms with van der Waals surface area (Å²) in [6.45, 7) is 3.63. The molecule has 0 saturated carbocycles. The number of carbonyl (C=O) groups is 3. The fraction of sp³-hybridized carbons (Fsp3) is 0.348. The summed E-state index contributed by atoms with van der Waals surface area (Å²) in [4.78, 5) is 36.7. The van der Waals surface area contributed by atoms with Gasteiger partial charge in [-0.1, -0.05) is 35.3 Å². The monoisotopic (exact) mass is 510 g/mol. The zero-order valence-corrected chi connectivity index (χ0v) is 20.7. The maximum absolute atomic E-state index is 12.9. The molecule has 2 aromatic rings. The zero-order chi connectivity index (χ0) is 24.6. The van der Waals surface area contributed by atoms with Crippen molar-refractivity contribution in [3.8, 4) is 0 Å². The second-order valence-corrected chi connectivity index (χ2v) is 11.4. The summed E-state index contributed by atoms with van der Waals surface area (Å²) < 4.78 is 23.3. The third-order valence-electron chi connectivity index (χ3n) is 5.75. The Bertz CT molecular complexity index is 1200. The molecule has 1 aliphatic heterocycles. The average Bonchev–Trinajstić information content (AvgIpc) is 2.72. The molecule has 1 heterocycles. The third kappa shape index (κ3) is 5.57. The molecule has 1 fully saturated rings. The molecule has 0 aromatic heterocycles. The van der Waals surface area contributed by atoms with Gasteiger partial charge in [-0.25, -0.2) is 8.42 Å². The molecular weight excluding hydrogens is 487 g/mol. The van der Waals surface area contributed by atoms with Gasteiger partial charge in [0.15, 0.2) is 9.84 Å². The number of hydrogen-bond donors (Lipinski definition) is 2. The molecule has 1 atom stereocenters. The molecule has 1 saturated heterocycles. The van der Waals surface area contributed by atoms with Crippen LogP contribution in [0.1, 0.15) is 49.3 Å². The van der Waals surface area contributed by atoms with Gasteiger partial charge in [-0.05, 0) is 55.7 Å². The third-order valence-corrected chi connectivity index (χ3v) is 7.51. The van der Waals surface area contributed by atoms with Crippen molar-refractivity contribution >= 4 is 50.8 Å². The van der Waals surface area contributed by atoms with E-state index in [1.807, 2.05) is 0 Å². The predicted octanol–water partition coefficient (Wildman–Crippen LogP) is 3.51. The van der Waals surface area contributed by atoms with E-state index in [9.17, 15) is 22.8 Å². The minimum absolute atomic E-state index is 0.152. The van der Waals surface area contributed by atoms with Gasteiger partial charge < -0.3 is 5.32 Å². The van der Waals surface area contributed by atoms with E-state index in [0.29, 0.717) is 23.1 Å². The number of carbonyl (C=O) groups excluding carboxylic acids is 3. The van der Waals surface area contributed by atoms with Crippen molar-refractivity contribution in [2.24, 2.45) is 0 Å². The van der Waals surface area contributed by atoms with Crippen LogP contribution in [-0.2, 0) is 36.2 Å². The van der Waals surface area contributed by atoms with Crippen LogP contribution in [0.25, 0.3) is 0 Å². The van der Waals surface area contributed by atoms with Crippen LogP contribution >= 0.6 is 23.2 Å². The van der Waals surface area contributed by atoms with E-state index < -0.39 is 27.1 Å². The molecule has 0 spiro atoms. The highest BCUT2D eigenvalue weighted by molar-refractivity contribution is 7.90. The fourth-order valence-electron chi connectivity index (χ4n) is 3.69. The van der Waals surface area contributed by atoms with Gasteiger partial charge in [-0.3, -0.25) is 19.7 Å². The van der Waals surface area contributed by atoms with Crippen LogP contribution in [0.5, 0.6) is 0 Å². The van der Waals surface area contributed by atoms with Gasteiger partial charge in [0.25, 0.3) is 0 Å². The van der Waals surface area contributed by atoms with E-state index in [1.54, 1.807) is 38.1 Å². The van der Waals surface area contributed by atoms with Gasteiger partial charge in [-0.2, -0.15) is 0 Å². The van der Waals surface area contributed by atoms with Crippen LogP contribution in [0.15, 0.2) is 41.3 Å². The van der Waals surface area contributed by atoms with Gasteiger partial charge in [0.05, 0.1) is 16.2 Å². The molecule has 0 aliphatic carbocycles. The predicted molar refractivity (Wildman–Crippen MR) is 126 cm³/mol. The van der Waals surface area contributed by atoms with Crippen LogP contribution < -0.4 is 10.6 Å². The molecular formula is C23H24Cl2N2O5S. The van der Waals surface area contributed by atoms with Crippen LogP contribution in [-0.4, -0.2) is 32.4 Å². The molecule has 176 valence electrons. The number of rotatable bonds is 6. The largest absolute Gasteiger partial charge is 0.351 e. The molecule has 10 heteroatoms. The lowest BCUT2D eigenvalue weighted by Crippen LogP contribution is -2.40. The first-order chi connectivity index (χ1) is 15.3. The average molecular weight is 511 g/mol. The van der Waals surface area contributed by atoms with Crippen molar-refractivity contribution < 1.29 is 22.8 Å². The Hall–Kier alpha value is -2.42. The van der Waals surface area contributed by atoms with E-state index in [4.69, 9.17) is 23.2 Å². The molecule has 7 nitrogen and oxygen atoms in total. The first-order valence-corrected chi connectivity index (χ1v) is 12.9. The lowest BCUT2D eigenvalue weighted by Gasteiger charge is -2.25. The normalized spacial score (nSPS) is 16.9. The Kier molecular flexibility index (Phi) is 7.21. The second kappa shape index (κ2) is 9.44. The van der Waals surface area contributed by atoms with Crippen molar-refractivity contribution in [1.29, 1.82) is 0 Å². The highest BCUT2D eigenvalue weighted by Gasteiger charge is 2.32. The lowest BCUT2D eigenvalue weighted by molar-refractivity contribution is -0.134. The second-order valence-electron chi connectivity index (χ2n) is 8.58. The molecule has 0 radical (unpaired) electrons. The highest BCUT2D eigenvalue weighted by Crippen LogP contribution is 2.37. The van der Waals surface area contributed by atoms with Crippen LogP contribution in [0.2, 0.25) is 10.0 Å². The standard InChI is InChI=1S/C23H24Cl2N2O5S/c1-23(2,14-4-6-15(7-5-14)33(3,31)32)22(30)26-12-13-10-17(24)20(18(25)11-13)16-8-9-19(28)27-21(16)29/h4-7,10-11,16H,8-9,12H2,1-3H3,(H,26,30)(H,27,28,29). The van der Waals surface area contributed by atoms with E-state index in [-0.39, 0.29) is 39.7 Å². The van der Waals surface area contributed by atoms with E-state index in [0.717, 1.165) is 6.26 Å². The molecule has 3 rings (SSSR count). The molecule has 2 aromatic carbocycles. The van der Waals surface area contributed by atoms with E-state index >= 15 is 0 Å². The summed E-state index contributed by atoms with van der Waals surface area (Å²) in [5.74, 6) is -1.63. The van der Waals surface area contributed by atoms with Gasteiger partial charge in [0, 0.05) is 34.8 Å². The highest BCUT2D eigenvalue weighted by atomic mass is 35.5. The number of imide groups is 1. The SMILES string of the molecule is CC(C)(C(=O)NCc1cc(Cl)c(C2CCC(=O)NC2=O)c(Cl)c1)c1ccc(S(C)(=O)=O)cc1. The first-order valence-electron chi connectivity index (χ1n) is 10.2. The Labute approximate surface area is 202 Å². The quantitative estimate of drug-likeness (QED) is 0.577. The van der Waals surface area contributed by atoms with Crippen LogP contribution in [0, 0.1) is 0 Å².